The second-order valence-electron chi connectivity index (χ2n) is 4.93. The van der Waals surface area contributed by atoms with Crippen LogP contribution in [0, 0.1) is 0 Å². The summed E-state index contributed by atoms with van der Waals surface area (Å²) in [4.78, 5) is 2.37. The van der Waals surface area contributed by atoms with Crippen LogP contribution in [-0.2, 0) is 0 Å². The van der Waals surface area contributed by atoms with Crippen molar-refractivity contribution in [2.75, 3.05) is 11.4 Å². The van der Waals surface area contributed by atoms with Gasteiger partial charge in [0.05, 0.1) is 16.8 Å². The average molecular weight is 254 g/mol. The minimum Gasteiger partial charge on any atom is -0.389 e. The molecule has 1 heterocycles. The number of hydrogen-bond donors (Lipinski definition) is 1. The Hall–Kier alpha value is -0.730. The van der Waals surface area contributed by atoms with Crippen LogP contribution in [0.25, 0.3) is 0 Å². The highest BCUT2D eigenvalue weighted by Crippen LogP contribution is 2.32. The molecule has 1 aromatic carbocycles. The molecule has 0 spiro atoms. The summed E-state index contributed by atoms with van der Waals surface area (Å²) in [6.45, 7) is 5.09. The Labute approximate surface area is 108 Å². The molecule has 2 nitrogen and oxygen atoms in total. The largest absolute Gasteiger partial charge is 0.389 e. The van der Waals surface area contributed by atoms with Crippen molar-refractivity contribution < 1.29 is 5.11 Å². The zero-order chi connectivity index (χ0) is 12.4. The molecule has 94 valence electrons. The summed E-state index contributed by atoms with van der Waals surface area (Å²) in [7, 11) is 0. The van der Waals surface area contributed by atoms with Crippen molar-refractivity contribution in [3.8, 4) is 0 Å². The standard InChI is InChI=1S/C14H20ClNO/c1-10-5-3-4-8-16(10)14-7-6-12(11(2)17)9-13(14)15/h6-7,9-11,17H,3-5,8H2,1-2H3. The molecule has 2 atom stereocenters. The monoisotopic (exact) mass is 253 g/mol. The molecule has 0 aliphatic carbocycles. The predicted molar refractivity (Wildman–Crippen MR) is 72.7 cm³/mol. The molecule has 2 rings (SSSR count). The van der Waals surface area contributed by atoms with Crippen LogP contribution in [-0.4, -0.2) is 17.7 Å². The summed E-state index contributed by atoms with van der Waals surface area (Å²) >= 11 is 6.32. The maximum atomic E-state index is 9.53. The van der Waals surface area contributed by atoms with Crippen LogP contribution < -0.4 is 4.90 Å². The van der Waals surface area contributed by atoms with Crippen molar-refractivity contribution in [1.29, 1.82) is 0 Å². The zero-order valence-corrected chi connectivity index (χ0v) is 11.2. The van der Waals surface area contributed by atoms with Crippen LogP contribution in [0.2, 0.25) is 5.02 Å². The van der Waals surface area contributed by atoms with Gasteiger partial charge in [0.1, 0.15) is 0 Å². The van der Waals surface area contributed by atoms with E-state index in [4.69, 9.17) is 11.6 Å². The number of hydrogen-bond acceptors (Lipinski definition) is 2. The van der Waals surface area contributed by atoms with E-state index in [1.165, 1.54) is 19.3 Å². The fourth-order valence-corrected chi connectivity index (χ4v) is 2.77. The first-order chi connectivity index (χ1) is 8.09. The molecule has 1 aromatic rings. The van der Waals surface area contributed by atoms with Gasteiger partial charge in [0.2, 0.25) is 0 Å². The van der Waals surface area contributed by atoms with Gasteiger partial charge in [-0.1, -0.05) is 17.7 Å². The molecule has 0 saturated carbocycles. The van der Waals surface area contributed by atoms with Crippen LogP contribution in [0.15, 0.2) is 18.2 Å². The van der Waals surface area contributed by atoms with Gasteiger partial charge in [-0.25, -0.2) is 0 Å². The van der Waals surface area contributed by atoms with Crippen molar-refractivity contribution in [1.82, 2.24) is 0 Å². The third-order valence-corrected chi connectivity index (χ3v) is 3.87. The predicted octanol–water partition coefficient (Wildman–Crippen LogP) is 3.77. The number of aliphatic hydroxyl groups excluding tert-OH is 1. The van der Waals surface area contributed by atoms with Crippen LogP contribution in [0.1, 0.15) is 44.8 Å². The fraction of sp³-hybridized carbons (Fsp3) is 0.571. The molecule has 2 unspecified atom stereocenters. The van der Waals surface area contributed by atoms with Gasteiger partial charge >= 0.3 is 0 Å². The van der Waals surface area contributed by atoms with Gasteiger partial charge in [-0.2, -0.15) is 0 Å². The minimum absolute atomic E-state index is 0.458. The third-order valence-electron chi connectivity index (χ3n) is 3.57. The number of piperidine rings is 1. The Morgan fingerprint density at radius 3 is 2.76 bits per heavy atom. The van der Waals surface area contributed by atoms with Crippen molar-refractivity contribution >= 4 is 17.3 Å². The van der Waals surface area contributed by atoms with Crippen molar-refractivity contribution in [2.45, 2.75) is 45.3 Å². The molecule has 0 bridgehead atoms. The Kier molecular flexibility index (Phi) is 3.95. The maximum absolute atomic E-state index is 9.53. The SMILES string of the molecule is CC(O)c1ccc(N2CCCCC2C)c(Cl)c1. The van der Waals surface area contributed by atoms with Crippen LogP contribution >= 0.6 is 11.6 Å². The lowest BCUT2D eigenvalue weighted by Crippen LogP contribution is -2.37. The molecule has 1 fully saturated rings. The summed E-state index contributed by atoms with van der Waals surface area (Å²) in [5.74, 6) is 0. The number of halogens is 1. The van der Waals surface area contributed by atoms with Gasteiger partial charge in [0.25, 0.3) is 0 Å². The van der Waals surface area contributed by atoms with E-state index in [0.29, 0.717) is 6.04 Å². The van der Waals surface area contributed by atoms with E-state index in [9.17, 15) is 5.11 Å². The highest BCUT2D eigenvalue weighted by molar-refractivity contribution is 6.33. The molecule has 1 saturated heterocycles. The number of benzene rings is 1. The average Bonchev–Trinajstić information content (AvgIpc) is 2.30. The Morgan fingerprint density at radius 1 is 1.41 bits per heavy atom. The molecule has 3 heteroatoms. The molecular formula is C14H20ClNO. The van der Waals surface area contributed by atoms with Gasteiger partial charge in [-0.05, 0) is 50.8 Å². The summed E-state index contributed by atoms with van der Waals surface area (Å²) in [6.07, 6.45) is 3.31. The number of rotatable bonds is 2. The van der Waals surface area contributed by atoms with E-state index in [1.807, 2.05) is 18.2 Å². The number of anilines is 1. The Balaban J connectivity index is 2.26. The first-order valence-corrected chi connectivity index (χ1v) is 6.71. The van der Waals surface area contributed by atoms with E-state index in [-0.39, 0.29) is 0 Å². The summed E-state index contributed by atoms with van der Waals surface area (Å²) in [5, 5.41) is 10.3. The second-order valence-corrected chi connectivity index (χ2v) is 5.33. The molecule has 0 amide bonds. The van der Waals surface area contributed by atoms with Crippen molar-refractivity contribution in [3.05, 3.63) is 28.8 Å². The fourth-order valence-electron chi connectivity index (χ4n) is 2.47. The summed E-state index contributed by atoms with van der Waals surface area (Å²) in [6, 6.07) is 6.43. The summed E-state index contributed by atoms with van der Waals surface area (Å²) < 4.78 is 0. The lowest BCUT2D eigenvalue weighted by atomic mass is 10.0. The molecule has 17 heavy (non-hydrogen) atoms. The van der Waals surface area contributed by atoms with Crippen LogP contribution in [0.5, 0.6) is 0 Å². The minimum atomic E-state index is -0.458. The lowest BCUT2D eigenvalue weighted by molar-refractivity contribution is 0.199. The molecule has 1 aliphatic heterocycles. The number of aliphatic hydroxyl groups is 1. The first-order valence-electron chi connectivity index (χ1n) is 6.33. The maximum Gasteiger partial charge on any atom is 0.0762 e. The highest BCUT2D eigenvalue weighted by atomic mass is 35.5. The van der Waals surface area contributed by atoms with Gasteiger partial charge < -0.3 is 10.0 Å². The highest BCUT2D eigenvalue weighted by Gasteiger charge is 2.20. The van der Waals surface area contributed by atoms with Gasteiger partial charge in [0, 0.05) is 12.6 Å². The molecule has 1 aliphatic rings. The van der Waals surface area contributed by atoms with Crippen LogP contribution in [0.3, 0.4) is 0 Å². The van der Waals surface area contributed by atoms with Crippen LogP contribution in [0.4, 0.5) is 5.69 Å². The van der Waals surface area contributed by atoms with Gasteiger partial charge in [0.15, 0.2) is 0 Å². The van der Waals surface area contributed by atoms with E-state index in [2.05, 4.69) is 11.8 Å². The molecular weight excluding hydrogens is 234 g/mol. The zero-order valence-electron chi connectivity index (χ0n) is 10.5. The van der Waals surface area contributed by atoms with Crippen molar-refractivity contribution in [2.24, 2.45) is 0 Å². The second kappa shape index (κ2) is 5.28. The quantitative estimate of drug-likeness (QED) is 0.867. The number of nitrogens with zero attached hydrogens (tertiary/aromatic N) is 1. The van der Waals surface area contributed by atoms with E-state index in [0.717, 1.165) is 22.8 Å². The smallest absolute Gasteiger partial charge is 0.0762 e. The van der Waals surface area contributed by atoms with E-state index >= 15 is 0 Å². The Bertz CT molecular complexity index is 392. The van der Waals surface area contributed by atoms with Gasteiger partial charge in [-0.15, -0.1) is 0 Å². The summed E-state index contributed by atoms with van der Waals surface area (Å²) in [5.41, 5.74) is 1.98. The molecule has 0 radical (unpaired) electrons. The topological polar surface area (TPSA) is 23.5 Å². The first kappa shape index (κ1) is 12.7. The van der Waals surface area contributed by atoms with E-state index < -0.39 is 6.10 Å². The van der Waals surface area contributed by atoms with Crippen molar-refractivity contribution in [3.63, 3.8) is 0 Å². The van der Waals surface area contributed by atoms with Gasteiger partial charge in [-0.3, -0.25) is 0 Å². The lowest BCUT2D eigenvalue weighted by Gasteiger charge is -2.36. The normalized spacial score (nSPS) is 22.6. The molecule has 1 N–H and O–H groups in total. The molecule has 0 aromatic heterocycles. The third kappa shape index (κ3) is 2.75. The van der Waals surface area contributed by atoms with E-state index in [1.54, 1.807) is 6.92 Å². The Morgan fingerprint density at radius 2 is 2.18 bits per heavy atom.